The van der Waals surface area contributed by atoms with E-state index in [2.05, 4.69) is 19.0 Å². The highest BCUT2D eigenvalue weighted by Crippen LogP contribution is 2.40. The number of carboxylic acids is 1. The molecular weight excluding hydrogens is 957 g/mol. The smallest absolute Gasteiger partial charge is 0.398 e. The summed E-state index contributed by atoms with van der Waals surface area (Å²) in [6.45, 7) is 2.39. The highest BCUT2D eigenvalue weighted by molar-refractivity contribution is 7.81. The first-order chi connectivity index (χ1) is 31.9. The summed E-state index contributed by atoms with van der Waals surface area (Å²) in [5.41, 5.74) is 0. The zero-order chi connectivity index (χ0) is 50.7. The molecule has 394 valence electrons. The molecule has 6 unspecified atom stereocenters. The molecule has 4 fully saturated rings. The number of carboxylic acid groups (broad SMARTS) is 1. The van der Waals surface area contributed by atoms with Crippen LogP contribution in [0.5, 0.6) is 0 Å². The van der Waals surface area contributed by atoms with Crippen molar-refractivity contribution in [3.05, 3.63) is 0 Å². The summed E-state index contributed by atoms with van der Waals surface area (Å²) in [6.07, 6.45) is -17.6. The number of hydrogen-bond donors (Lipinski definition) is 10. The topological polar surface area (TPSA) is 396 Å². The molecule has 68 heavy (non-hydrogen) atoms. The lowest BCUT2D eigenvalue weighted by atomic mass is 9.74. The minimum Gasteiger partial charge on any atom is -0.479 e. The number of Topliss-reactive ketones (excluding diaryl/α,β-unsaturated/α-hetero) is 1. The van der Waals surface area contributed by atoms with Crippen molar-refractivity contribution in [2.45, 2.75) is 183 Å². The number of aliphatic carboxylic acids is 1. The number of ether oxygens (including phenoxy) is 6. The van der Waals surface area contributed by atoms with Crippen molar-refractivity contribution >= 4 is 44.4 Å². The van der Waals surface area contributed by atoms with Gasteiger partial charge < -0.3 is 69.7 Å². The van der Waals surface area contributed by atoms with Gasteiger partial charge in [0, 0.05) is 32.9 Å². The summed E-state index contributed by atoms with van der Waals surface area (Å²) in [7, 11) is -9.68. The second-order valence-corrected chi connectivity index (χ2v) is 19.8. The Labute approximate surface area is 394 Å². The predicted molar refractivity (Wildman–Crippen MR) is 227 cm³/mol. The molecule has 2 heterocycles. The molecular formula is C40H68N2O24S2. The number of aliphatic hydroxyl groups excluding tert-OH is 5. The van der Waals surface area contributed by atoms with Crippen molar-refractivity contribution < 1.29 is 113 Å². The van der Waals surface area contributed by atoms with Crippen LogP contribution in [-0.4, -0.2) is 199 Å². The van der Waals surface area contributed by atoms with Gasteiger partial charge in [-0.2, -0.15) is 16.8 Å². The SMILES string of the molecule is CC[C@@H]1CC(C(=O)CCCNC(=O)[C@@H](OS(=O)(=O)O)[C@H](COC)OS(=O)(=O)O)C[C@@H](O[C@@H]2O[C@@H](CO)[C@H](O)C(O[C@@H](CC3CCCCC3)C(=O)O)C2NC(C)=O)C1O[C@@H]1OC(C)[C@@H](O)[C@H](O)C1O. The third-order valence-electron chi connectivity index (χ3n) is 12.7. The van der Waals surface area contributed by atoms with Gasteiger partial charge in [0.25, 0.3) is 5.91 Å². The number of aliphatic hydroxyl groups is 5. The highest BCUT2D eigenvalue weighted by Gasteiger charge is 2.53. The van der Waals surface area contributed by atoms with E-state index >= 15 is 0 Å². The van der Waals surface area contributed by atoms with Crippen LogP contribution in [0.3, 0.4) is 0 Å². The Kier molecular flexibility index (Phi) is 22.3. The zero-order valence-electron chi connectivity index (χ0n) is 38.2. The van der Waals surface area contributed by atoms with Crippen molar-refractivity contribution in [2.75, 3.05) is 26.9 Å². The fourth-order valence-corrected chi connectivity index (χ4v) is 10.2. The molecule has 0 aromatic heterocycles. The molecule has 17 atom stereocenters. The lowest BCUT2D eigenvalue weighted by molar-refractivity contribution is -0.338. The van der Waals surface area contributed by atoms with E-state index < -0.39 is 156 Å². The van der Waals surface area contributed by atoms with Crippen LogP contribution in [0.1, 0.15) is 91.4 Å². The third kappa shape index (κ3) is 16.7. The molecule has 26 nitrogen and oxygen atoms in total. The number of methoxy groups -OCH3 is 1. The van der Waals surface area contributed by atoms with Gasteiger partial charge in [0.2, 0.25) is 5.91 Å². The number of carbonyl (C=O) groups is 4. The average molecular weight is 1030 g/mol. The maximum atomic E-state index is 14.0. The summed E-state index contributed by atoms with van der Waals surface area (Å²) < 4.78 is 109. The molecule has 2 saturated carbocycles. The van der Waals surface area contributed by atoms with Crippen molar-refractivity contribution in [1.29, 1.82) is 0 Å². The molecule has 4 aliphatic rings. The van der Waals surface area contributed by atoms with Gasteiger partial charge >= 0.3 is 26.8 Å². The van der Waals surface area contributed by atoms with E-state index in [9.17, 15) is 71.2 Å². The van der Waals surface area contributed by atoms with Crippen molar-refractivity contribution in [2.24, 2.45) is 17.8 Å². The standard InChI is InChI=1S/C40H68N2O24S2/c1-5-22-15-23(24(45)12-9-13-41-37(50)35(66-68(56,57)58)28(18-59-4)65-67(53,54)55)16-25(34(22)64-40-33(49)32(48)30(46)19(2)60-40)62-39-29(42-20(3)44)36(31(47)27(17-43)63-39)61-26(38(51)52)14-21-10-7-6-8-11-21/h19,21-23,25-36,39-40,43,46-49H,5-18H2,1-4H3,(H,41,50)(H,42,44)(H,51,52)(H,53,54,55)(H,56,57,58)/t19?,22-,23?,25-,26+,27+,28+,29?,30-,31+,32+,33?,34?,35+,36?,39-,40+/m1/s1. The van der Waals surface area contributed by atoms with E-state index in [0.29, 0.717) is 6.42 Å². The third-order valence-corrected chi connectivity index (χ3v) is 13.7. The summed E-state index contributed by atoms with van der Waals surface area (Å²) >= 11 is 0. The molecule has 0 radical (unpaired) electrons. The molecule has 0 aromatic rings. The number of ketones is 1. The zero-order valence-corrected chi connectivity index (χ0v) is 39.9. The van der Waals surface area contributed by atoms with Gasteiger partial charge in [0.05, 0.1) is 31.5 Å². The van der Waals surface area contributed by atoms with Gasteiger partial charge in [-0.15, -0.1) is 0 Å². The van der Waals surface area contributed by atoms with Crippen LogP contribution in [0.2, 0.25) is 0 Å². The summed E-state index contributed by atoms with van der Waals surface area (Å²) in [5, 5.41) is 68.9. The fourth-order valence-electron chi connectivity index (χ4n) is 9.29. The van der Waals surface area contributed by atoms with E-state index in [1.807, 2.05) is 0 Å². The average Bonchev–Trinajstić information content (AvgIpc) is 3.26. The van der Waals surface area contributed by atoms with Crippen molar-refractivity contribution in [1.82, 2.24) is 10.6 Å². The first-order valence-corrected chi connectivity index (χ1v) is 25.3. The molecule has 10 N–H and O–H groups in total. The Hall–Kier alpha value is -2.62. The van der Waals surface area contributed by atoms with Crippen molar-refractivity contribution in [3.8, 4) is 0 Å². The van der Waals surface area contributed by atoms with Gasteiger partial charge in [-0.3, -0.25) is 23.5 Å². The molecule has 2 aliphatic carbocycles. The van der Waals surface area contributed by atoms with Crippen LogP contribution in [-0.2, 0) is 76.8 Å². The Morgan fingerprint density at radius 2 is 1.50 bits per heavy atom. The number of nitrogens with one attached hydrogen (secondary N) is 2. The molecule has 0 aromatic carbocycles. The van der Waals surface area contributed by atoms with Crippen LogP contribution >= 0.6 is 0 Å². The van der Waals surface area contributed by atoms with Gasteiger partial charge in [-0.05, 0) is 44.4 Å². The summed E-state index contributed by atoms with van der Waals surface area (Å²) in [6, 6.07) is -1.42. The normalized spacial score (nSPS) is 34.3. The minimum absolute atomic E-state index is 0.00943. The number of hydrogen-bond acceptors (Lipinski definition) is 21. The van der Waals surface area contributed by atoms with E-state index in [1.54, 1.807) is 6.92 Å². The Morgan fingerprint density at radius 3 is 2.07 bits per heavy atom. The maximum absolute atomic E-state index is 14.0. The largest absolute Gasteiger partial charge is 0.479 e. The van der Waals surface area contributed by atoms with Crippen LogP contribution in [0.25, 0.3) is 0 Å². The quantitative estimate of drug-likeness (QED) is 0.0346. The van der Waals surface area contributed by atoms with Crippen molar-refractivity contribution in [3.63, 3.8) is 0 Å². The van der Waals surface area contributed by atoms with Gasteiger partial charge in [-0.1, -0.05) is 45.4 Å². The van der Waals surface area contributed by atoms with E-state index in [1.165, 1.54) is 6.92 Å². The molecule has 0 bridgehead atoms. The minimum atomic E-state index is -5.41. The first-order valence-electron chi connectivity index (χ1n) is 22.6. The van der Waals surface area contributed by atoms with Gasteiger partial charge in [0.1, 0.15) is 54.6 Å². The van der Waals surface area contributed by atoms with Gasteiger partial charge in [0.15, 0.2) is 24.8 Å². The highest BCUT2D eigenvalue weighted by atomic mass is 32.3. The Balaban J connectivity index is 1.61. The lowest BCUT2D eigenvalue weighted by Gasteiger charge is -2.49. The summed E-state index contributed by atoms with van der Waals surface area (Å²) in [5.74, 6) is -5.11. The molecule has 2 saturated heterocycles. The second-order valence-electron chi connectivity index (χ2n) is 17.7. The van der Waals surface area contributed by atoms with Crippen LogP contribution < -0.4 is 10.6 Å². The fraction of sp³-hybridized carbons (Fsp3) is 0.900. The summed E-state index contributed by atoms with van der Waals surface area (Å²) in [4.78, 5) is 52.4. The van der Waals surface area contributed by atoms with Crippen LogP contribution in [0.15, 0.2) is 0 Å². The van der Waals surface area contributed by atoms with E-state index in [-0.39, 0.29) is 50.4 Å². The molecule has 0 spiro atoms. The molecule has 4 rings (SSSR count). The molecule has 2 aliphatic heterocycles. The number of rotatable bonds is 25. The van der Waals surface area contributed by atoms with E-state index in [4.69, 9.17) is 33.0 Å². The first kappa shape index (κ1) is 58.0. The predicted octanol–water partition coefficient (Wildman–Crippen LogP) is -2.10. The Morgan fingerprint density at radius 1 is 0.838 bits per heavy atom. The number of amides is 2. The number of carbonyl (C=O) groups excluding carboxylic acids is 3. The van der Waals surface area contributed by atoms with Gasteiger partial charge in [-0.25, -0.2) is 13.2 Å². The van der Waals surface area contributed by atoms with E-state index in [0.717, 1.165) is 46.1 Å². The second kappa shape index (κ2) is 26.2. The van der Waals surface area contributed by atoms with Crippen LogP contribution in [0, 0.1) is 17.8 Å². The van der Waals surface area contributed by atoms with Crippen LogP contribution in [0.4, 0.5) is 0 Å². The molecule has 2 amide bonds. The molecule has 28 heteroatoms. The maximum Gasteiger partial charge on any atom is 0.398 e. The Bertz CT molecular complexity index is 1870. The monoisotopic (exact) mass is 1020 g/mol. The lowest BCUT2D eigenvalue weighted by Crippen LogP contribution is -2.67.